The van der Waals surface area contributed by atoms with Crippen molar-refractivity contribution in [2.75, 3.05) is 12.4 Å². The van der Waals surface area contributed by atoms with Crippen LogP contribution in [0.4, 0.5) is 0 Å². The lowest BCUT2D eigenvalue weighted by Gasteiger charge is -2.17. The van der Waals surface area contributed by atoms with E-state index in [9.17, 15) is 4.79 Å². The van der Waals surface area contributed by atoms with Crippen molar-refractivity contribution < 1.29 is 9.53 Å². The largest absolute Gasteiger partial charge is 0.492 e. The normalized spacial score (nSPS) is 19.5. The van der Waals surface area contributed by atoms with Gasteiger partial charge in [-0.3, -0.25) is 4.79 Å². The number of thioether (sulfide) groups is 1. The van der Waals surface area contributed by atoms with E-state index in [1.807, 2.05) is 55.5 Å². The molecule has 0 aromatic heterocycles. The minimum atomic E-state index is -0.308. The van der Waals surface area contributed by atoms with Gasteiger partial charge in [0.05, 0.1) is 12.3 Å². The number of fused-ring (bicyclic) bond motifs is 1. The Morgan fingerprint density at radius 2 is 2.09 bits per heavy atom. The van der Waals surface area contributed by atoms with Crippen LogP contribution in [-0.2, 0) is 4.79 Å². The molecular formula is C17H16N2O2S. The Morgan fingerprint density at radius 1 is 1.23 bits per heavy atom. The average molecular weight is 312 g/mol. The molecule has 112 valence electrons. The maximum Gasteiger partial charge on any atom is 0.261 e. The van der Waals surface area contributed by atoms with Gasteiger partial charge >= 0.3 is 0 Å². The maximum absolute atomic E-state index is 11.9. The van der Waals surface area contributed by atoms with Crippen molar-refractivity contribution in [3.8, 4) is 5.75 Å². The van der Waals surface area contributed by atoms with Crippen molar-refractivity contribution in [1.29, 1.82) is 0 Å². The summed E-state index contributed by atoms with van der Waals surface area (Å²) in [5.41, 5.74) is 1.88. The summed E-state index contributed by atoms with van der Waals surface area (Å²) in [4.78, 5) is 20.4. The van der Waals surface area contributed by atoms with Gasteiger partial charge in [-0.15, -0.1) is 0 Å². The first-order valence-corrected chi connectivity index (χ1v) is 8.10. The average Bonchev–Trinajstić information content (AvgIpc) is 2.53. The molecule has 1 aromatic rings. The van der Waals surface area contributed by atoms with Gasteiger partial charge in [0.1, 0.15) is 11.7 Å². The number of aliphatic imine (C=N–C) groups is 2. The van der Waals surface area contributed by atoms with E-state index in [4.69, 9.17) is 4.74 Å². The fraction of sp³-hybridized carbons (Fsp3) is 0.235. The van der Waals surface area contributed by atoms with Gasteiger partial charge in [-0.05, 0) is 24.6 Å². The Labute approximate surface area is 133 Å². The molecule has 1 unspecified atom stereocenters. The topological polar surface area (TPSA) is 51.0 Å². The lowest BCUT2D eigenvalue weighted by molar-refractivity contribution is -0.118. The Hall–Kier alpha value is -2.14. The predicted molar refractivity (Wildman–Crippen MR) is 90.8 cm³/mol. The molecule has 2 aliphatic rings. The van der Waals surface area contributed by atoms with Crippen LogP contribution in [0.5, 0.6) is 5.75 Å². The summed E-state index contributed by atoms with van der Waals surface area (Å²) < 4.78 is 5.73. The number of allylic oxidation sites excluding steroid dienone is 3. The van der Waals surface area contributed by atoms with Crippen LogP contribution >= 0.6 is 11.8 Å². The van der Waals surface area contributed by atoms with Gasteiger partial charge in [0.2, 0.25) is 0 Å². The molecule has 0 radical (unpaired) electrons. The van der Waals surface area contributed by atoms with Crippen LogP contribution < -0.4 is 4.74 Å². The van der Waals surface area contributed by atoms with Crippen molar-refractivity contribution in [3.63, 3.8) is 0 Å². The van der Waals surface area contributed by atoms with E-state index in [0.29, 0.717) is 17.5 Å². The number of amidine groups is 1. The number of hydrogen-bond acceptors (Lipinski definition) is 4. The molecule has 0 N–H and O–H groups in total. The first-order chi connectivity index (χ1) is 10.7. The van der Waals surface area contributed by atoms with Crippen LogP contribution in [0.25, 0.3) is 0 Å². The highest BCUT2D eigenvalue weighted by Gasteiger charge is 2.26. The van der Waals surface area contributed by atoms with Crippen LogP contribution in [-0.4, -0.2) is 29.1 Å². The van der Waals surface area contributed by atoms with Gasteiger partial charge in [-0.2, -0.15) is 4.99 Å². The van der Waals surface area contributed by atoms with E-state index in [-0.39, 0.29) is 11.8 Å². The van der Waals surface area contributed by atoms with E-state index >= 15 is 0 Å². The molecule has 0 saturated carbocycles. The van der Waals surface area contributed by atoms with Gasteiger partial charge in [0.15, 0.2) is 5.17 Å². The predicted octanol–water partition coefficient (Wildman–Crippen LogP) is 3.19. The van der Waals surface area contributed by atoms with Gasteiger partial charge < -0.3 is 4.74 Å². The molecule has 1 aromatic carbocycles. The highest BCUT2D eigenvalue weighted by molar-refractivity contribution is 8.13. The molecular weight excluding hydrogens is 296 g/mol. The van der Waals surface area contributed by atoms with Gasteiger partial charge in [0.25, 0.3) is 5.91 Å². The highest BCUT2D eigenvalue weighted by atomic mass is 32.2. The summed E-state index contributed by atoms with van der Waals surface area (Å²) in [6, 6.07) is 7.90. The minimum Gasteiger partial charge on any atom is -0.492 e. The Kier molecular flexibility index (Phi) is 4.53. The van der Waals surface area contributed by atoms with Crippen LogP contribution in [0, 0.1) is 12.8 Å². The number of benzene rings is 1. The van der Waals surface area contributed by atoms with Crippen molar-refractivity contribution in [3.05, 3.63) is 54.1 Å². The van der Waals surface area contributed by atoms with E-state index in [1.165, 1.54) is 11.8 Å². The number of nitrogens with zero attached hydrogens (tertiary/aromatic N) is 2. The van der Waals surface area contributed by atoms with E-state index in [2.05, 4.69) is 9.98 Å². The zero-order valence-electron chi connectivity index (χ0n) is 12.2. The smallest absolute Gasteiger partial charge is 0.261 e. The summed E-state index contributed by atoms with van der Waals surface area (Å²) >= 11 is 1.44. The van der Waals surface area contributed by atoms with Crippen LogP contribution in [0.1, 0.15) is 5.56 Å². The fourth-order valence-corrected chi connectivity index (χ4v) is 2.89. The molecule has 3 rings (SSSR count). The van der Waals surface area contributed by atoms with Gasteiger partial charge in [-0.25, -0.2) is 4.99 Å². The van der Waals surface area contributed by atoms with Crippen molar-refractivity contribution >= 4 is 28.5 Å². The zero-order chi connectivity index (χ0) is 15.4. The maximum atomic E-state index is 11.9. The third-order valence-corrected chi connectivity index (χ3v) is 4.17. The second-order valence-corrected chi connectivity index (χ2v) is 6.02. The second-order valence-electron chi connectivity index (χ2n) is 4.95. The Bertz CT molecular complexity index is 704. The summed E-state index contributed by atoms with van der Waals surface area (Å²) in [5.74, 6) is 1.13. The van der Waals surface area contributed by atoms with Gasteiger partial charge in [0, 0.05) is 5.75 Å². The molecule has 22 heavy (non-hydrogen) atoms. The zero-order valence-corrected chi connectivity index (χ0v) is 13.0. The summed E-state index contributed by atoms with van der Waals surface area (Å²) in [7, 11) is 0. The molecule has 5 heteroatoms. The Balaban J connectivity index is 1.53. The second kappa shape index (κ2) is 6.75. The monoisotopic (exact) mass is 312 g/mol. The number of aryl methyl sites for hydroxylation is 1. The van der Waals surface area contributed by atoms with Gasteiger partial charge in [-0.1, -0.05) is 48.2 Å². The Morgan fingerprint density at radius 3 is 2.95 bits per heavy atom. The SMILES string of the molecule is Cc1ccccc1OCCSC1=NC(=O)C2C=CC=CC2=N1. The molecule has 1 aliphatic heterocycles. The number of carbonyl (C=O) groups is 1. The molecule has 4 nitrogen and oxygen atoms in total. The number of ether oxygens (including phenoxy) is 1. The molecule has 0 fully saturated rings. The standard InChI is InChI=1S/C17H16N2O2S/c1-12-6-2-5-9-15(12)21-10-11-22-17-18-14-8-4-3-7-13(14)16(20)19-17/h2-9,13H,10-11H2,1H3. The number of rotatable bonds is 4. The van der Waals surface area contributed by atoms with E-state index in [0.717, 1.165) is 17.0 Å². The molecule has 0 spiro atoms. The molecule has 1 amide bonds. The quantitative estimate of drug-likeness (QED) is 0.802. The number of hydrogen-bond donors (Lipinski definition) is 0. The lowest BCUT2D eigenvalue weighted by atomic mass is 9.97. The van der Waals surface area contributed by atoms with Crippen LogP contribution in [0.2, 0.25) is 0 Å². The summed E-state index contributed by atoms with van der Waals surface area (Å²) in [6.45, 7) is 2.56. The van der Waals surface area contributed by atoms with Crippen molar-refractivity contribution in [1.82, 2.24) is 0 Å². The van der Waals surface area contributed by atoms with E-state index in [1.54, 1.807) is 0 Å². The third kappa shape index (κ3) is 3.36. The lowest BCUT2D eigenvalue weighted by Crippen LogP contribution is -2.26. The minimum absolute atomic E-state index is 0.145. The molecule has 0 bridgehead atoms. The van der Waals surface area contributed by atoms with E-state index < -0.39 is 0 Å². The number of amides is 1. The third-order valence-electron chi connectivity index (χ3n) is 3.36. The van der Waals surface area contributed by atoms with Crippen molar-refractivity contribution in [2.45, 2.75) is 6.92 Å². The molecule has 1 atom stereocenters. The number of carbonyl (C=O) groups excluding carboxylic acids is 1. The highest BCUT2D eigenvalue weighted by Crippen LogP contribution is 2.21. The summed E-state index contributed by atoms with van der Waals surface area (Å²) in [6.07, 6.45) is 7.43. The summed E-state index contributed by atoms with van der Waals surface area (Å²) in [5, 5.41) is 0.518. The first-order valence-electron chi connectivity index (χ1n) is 7.11. The molecule has 1 heterocycles. The van der Waals surface area contributed by atoms with Crippen LogP contribution in [0.15, 0.2) is 58.6 Å². The first kappa shape index (κ1) is 14.8. The molecule has 0 saturated heterocycles. The van der Waals surface area contributed by atoms with Crippen LogP contribution in [0.3, 0.4) is 0 Å². The molecule has 1 aliphatic carbocycles. The number of para-hydroxylation sites is 1. The fourth-order valence-electron chi connectivity index (χ4n) is 2.21. The van der Waals surface area contributed by atoms with Crippen molar-refractivity contribution in [2.24, 2.45) is 15.9 Å².